The van der Waals surface area contributed by atoms with Gasteiger partial charge in [0.05, 0.1) is 0 Å². The summed E-state index contributed by atoms with van der Waals surface area (Å²) in [6.45, 7) is 22.2. The maximum Gasteiger partial charge on any atom is 0.220 e. The van der Waals surface area contributed by atoms with Crippen LogP contribution in [-0.4, -0.2) is 87.8 Å². The lowest BCUT2D eigenvalue weighted by Crippen LogP contribution is -2.36. The molecule has 0 aliphatic rings. The highest BCUT2D eigenvalue weighted by Gasteiger charge is 2.14. The van der Waals surface area contributed by atoms with E-state index in [0.29, 0.717) is 57.4 Å². The van der Waals surface area contributed by atoms with Gasteiger partial charge in [0.2, 0.25) is 11.8 Å². The highest BCUT2D eigenvalue weighted by atomic mass is 16.2. The van der Waals surface area contributed by atoms with E-state index in [1.165, 1.54) is 11.1 Å². The first kappa shape index (κ1) is 59.8. The molecule has 0 saturated carbocycles. The summed E-state index contributed by atoms with van der Waals surface area (Å²) in [6, 6.07) is 43.3. The van der Waals surface area contributed by atoms with Crippen molar-refractivity contribution in [2.75, 3.05) is 21.1 Å². The van der Waals surface area contributed by atoms with Gasteiger partial charge < -0.3 is 14.7 Å². The third-order valence-electron chi connectivity index (χ3n) is 11.1. The van der Waals surface area contributed by atoms with E-state index in [4.69, 9.17) is 0 Å². The normalized spacial score (nSPS) is 10.6. The second-order valence-electron chi connectivity index (χ2n) is 19.1. The zero-order valence-electron chi connectivity index (χ0n) is 44.4. The van der Waals surface area contributed by atoms with E-state index in [9.17, 15) is 28.8 Å². The van der Waals surface area contributed by atoms with Gasteiger partial charge in [-0.25, -0.2) is 0 Å². The van der Waals surface area contributed by atoms with Crippen LogP contribution in [0.4, 0.5) is 0 Å². The molecule has 0 atom stereocenters. The number of hydrogen-bond donors (Lipinski definition) is 0. The molecule has 376 valence electrons. The fourth-order valence-electron chi connectivity index (χ4n) is 7.43. The van der Waals surface area contributed by atoms with Gasteiger partial charge in [0.1, 0.15) is 23.1 Å². The number of hydrogen-bond acceptors (Lipinski definition) is 8. The maximum absolute atomic E-state index is 11.8. The van der Waals surface area contributed by atoms with Gasteiger partial charge in [-0.05, 0) is 120 Å². The lowest BCUT2D eigenvalue weighted by Gasteiger charge is -2.30. The van der Waals surface area contributed by atoms with Crippen molar-refractivity contribution in [3.05, 3.63) is 177 Å². The van der Waals surface area contributed by atoms with Crippen LogP contribution in [0.25, 0.3) is 0 Å². The van der Waals surface area contributed by atoms with E-state index in [1.807, 2.05) is 110 Å². The highest BCUT2D eigenvalue weighted by molar-refractivity contribution is 5.79. The fraction of sp³-hybridized carbons (Fsp3) is 0.400. The average molecular weight is 953 g/mol. The molecule has 5 aromatic carbocycles. The number of benzene rings is 5. The Bertz CT molecular complexity index is 2350. The predicted octanol–water partition coefficient (Wildman–Crippen LogP) is 10.5. The van der Waals surface area contributed by atoms with Crippen molar-refractivity contribution in [2.24, 2.45) is 0 Å². The second kappa shape index (κ2) is 31.7. The van der Waals surface area contributed by atoms with Crippen LogP contribution >= 0.6 is 0 Å². The molecule has 0 spiro atoms. The van der Waals surface area contributed by atoms with Crippen molar-refractivity contribution in [2.45, 2.75) is 140 Å². The molecular formula is C60H80N4O6. The minimum atomic E-state index is 0.0489. The van der Waals surface area contributed by atoms with Crippen molar-refractivity contribution >= 4 is 34.9 Å². The summed E-state index contributed by atoms with van der Waals surface area (Å²) in [5.74, 6) is 0.847. The number of carbonyl (C=O) groups excluding carboxylic acids is 6. The van der Waals surface area contributed by atoms with E-state index >= 15 is 0 Å². The molecule has 0 bridgehead atoms. The predicted molar refractivity (Wildman–Crippen MR) is 285 cm³/mol. The Kier molecular flexibility index (Phi) is 27.1. The molecule has 0 fully saturated rings. The Hall–Kier alpha value is -6.36. The minimum Gasteiger partial charge on any atom is -0.342 e. The van der Waals surface area contributed by atoms with Crippen LogP contribution in [0.2, 0.25) is 0 Å². The highest BCUT2D eigenvalue weighted by Crippen LogP contribution is 2.15. The van der Waals surface area contributed by atoms with Gasteiger partial charge in [-0.3, -0.25) is 33.7 Å². The van der Waals surface area contributed by atoms with Crippen LogP contribution in [-0.2, 0) is 87.2 Å². The number of nitrogens with zero attached hydrogens (tertiary/aromatic N) is 4. The van der Waals surface area contributed by atoms with E-state index < -0.39 is 0 Å². The Morgan fingerprint density at radius 2 is 0.614 bits per heavy atom. The number of amides is 2. The standard InChI is InChI=1S/C19H21NO2.C16H25NO.C13H17NO2.C12H17NO/c1-15(21)12-17-8-10-19(11-9-17)14-20(16(2)22)13-18-6-4-3-5-7-18;1-12(2)17(13(3)4)11-16-8-6-15(7-9-16)10-14(5)18;1-10(15)8-12-4-6-13(7-5-12)9-14(3)11(2)16;1-10(14)8-11-4-6-12(7-5-11)9-13(2)3/h3-11H,12-14H2,1-2H3;6-9,12-13H,10-11H2,1-5H3;4-7H,8-9H2,1-3H3;4-7H,8-9H2,1-3H3. The summed E-state index contributed by atoms with van der Waals surface area (Å²) < 4.78 is 0. The number of rotatable bonds is 20. The second-order valence-corrected chi connectivity index (χ2v) is 19.1. The van der Waals surface area contributed by atoms with Gasteiger partial charge in [0.15, 0.2) is 0 Å². The van der Waals surface area contributed by atoms with Crippen molar-refractivity contribution in [1.29, 1.82) is 0 Å². The summed E-state index contributed by atoms with van der Waals surface area (Å²) in [6.07, 6.45) is 2.02. The molecule has 5 aromatic rings. The monoisotopic (exact) mass is 953 g/mol. The minimum absolute atomic E-state index is 0.0489. The Balaban J connectivity index is 0.000000325. The first-order valence-electron chi connectivity index (χ1n) is 24.2. The lowest BCUT2D eigenvalue weighted by atomic mass is 10.1. The molecular weight excluding hydrogens is 873 g/mol. The summed E-state index contributed by atoms with van der Waals surface area (Å²) in [5.41, 5.74) is 10.1. The van der Waals surface area contributed by atoms with Crippen molar-refractivity contribution in [3.63, 3.8) is 0 Å². The molecule has 0 saturated heterocycles. The molecule has 10 heteroatoms. The first-order chi connectivity index (χ1) is 33.0. The summed E-state index contributed by atoms with van der Waals surface area (Å²) >= 11 is 0. The molecule has 0 radical (unpaired) electrons. The third-order valence-corrected chi connectivity index (χ3v) is 11.1. The Labute approximate surface area is 420 Å². The van der Waals surface area contributed by atoms with Crippen LogP contribution in [0, 0.1) is 0 Å². The molecule has 0 aromatic heterocycles. The van der Waals surface area contributed by atoms with Crippen molar-refractivity contribution in [3.8, 4) is 0 Å². The van der Waals surface area contributed by atoms with Crippen molar-refractivity contribution in [1.82, 2.24) is 19.6 Å². The van der Waals surface area contributed by atoms with E-state index in [2.05, 4.69) is 73.9 Å². The van der Waals surface area contributed by atoms with Gasteiger partial charge >= 0.3 is 0 Å². The summed E-state index contributed by atoms with van der Waals surface area (Å²) in [7, 11) is 5.86. The zero-order valence-corrected chi connectivity index (χ0v) is 44.4. The first-order valence-corrected chi connectivity index (χ1v) is 24.2. The molecule has 5 rings (SSSR count). The lowest BCUT2D eigenvalue weighted by molar-refractivity contribution is -0.130. The van der Waals surface area contributed by atoms with Crippen LogP contribution in [0.1, 0.15) is 119 Å². The quantitative estimate of drug-likeness (QED) is 0.0758. The van der Waals surface area contributed by atoms with Crippen LogP contribution in [0.15, 0.2) is 127 Å². The van der Waals surface area contributed by atoms with Gasteiger partial charge in [-0.15, -0.1) is 0 Å². The Morgan fingerprint density at radius 1 is 0.343 bits per heavy atom. The largest absolute Gasteiger partial charge is 0.342 e. The molecule has 0 unspecified atom stereocenters. The van der Waals surface area contributed by atoms with Crippen LogP contribution < -0.4 is 0 Å². The van der Waals surface area contributed by atoms with Gasteiger partial charge in [0.25, 0.3) is 0 Å². The van der Waals surface area contributed by atoms with Crippen LogP contribution in [0.5, 0.6) is 0 Å². The molecule has 2 amide bonds. The average Bonchev–Trinajstić information content (AvgIpc) is 3.27. The molecule has 0 heterocycles. The number of Topliss-reactive ketones (excluding diaryl/α,β-unsaturated/α-hetero) is 4. The van der Waals surface area contributed by atoms with E-state index in [1.54, 1.807) is 53.5 Å². The number of ketones is 4. The van der Waals surface area contributed by atoms with Gasteiger partial charge in [-0.2, -0.15) is 0 Å². The summed E-state index contributed by atoms with van der Waals surface area (Å²) in [5, 5.41) is 0. The maximum atomic E-state index is 11.8. The molecule has 70 heavy (non-hydrogen) atoms. The molecule has 0 aliphatic heterocycles. The van der Waals surface area contributed by atoms with Gasteiger partial charge in [-0.1, -0.05) is 127 Å². The third kappa shape index (κ3) is 25.8. The molecule has 0 N–H and O–H groups in total. The van der Waals surface area contributed by atoms with Crippen LogP contribution in [0.3, 0.4) is 0 Å². The van der Waals surface area contributed by atoms with E-state index in [0.717, 1.165) is 52.0 Å². The Morgan fingerprint density at radius 3 is 0.886 bits per heavy atom. The molecule has 10 nitrogen and oxygen atoms in total. The van der Waals surface area contributed by atoms with Gasteiger partial charge in [0, 0.05) is 91.4 Å². The molecule has 0 aliphatic carbocycles. The van der Waals surface area contributed by atoms with Crippen molar-refractivity contribution < 1.29 is 28.8 Å². The summed E-state index contributed by atoms with van der Waals surface area (Å²) in [4.78, 5) is 74.9. The van der Waals surface area contributed by atoms with E-state index in [-0.39, 0.29) is 34.9 Å². The number of carbonyl (C=O) groups is 6. The zero-order chi connectivity index (χ0) is 52.3. The SMILES string of the molecule is CC(=O)Cc1ccc(CN(C(C)C)C(C)C)cc1.CC(=O)Cc1ccc(CN(C)C(C)=O)cc1.CC(=O)Cc1ccc(CN(C)C)cc1.CC(=O)Cc1ccc(CN(Cc2ccccc2)C(C)=O)cc1. The fourth-order valence-corrected chi connectivity index (χ4v) is 7.43. The smallest absolute Gasteiger partial charge is 0.220 e. The topological polar surface area (TPSA) is 115 Å².